The highest BCUT2D eigenvalue weighted by molar-refractivity contribution is 5.91. The molecule has 0 aliphatic carbocycles. The third-order valence-electron chi connectivity index (χ3n) is 6.88. The van der Waals surface area contributed by atoms with Gasteiger partial charge in [0.05, 0.1) is 30.4 Å². The van der Waals surface area contributed by atoms with E-state index >= 15 is 0 Å². The lowest BCUT2D eigenvalue weighted by Gasteiger charge is -2.28. The van der Waals surface area contributed by atoms with Crippen LogP contribution in [0.1, 0.15) is 52.0 Å². The Balaban J connectivity index is 1.56. The minimum absolute atomic E-state index is 0.0465. The van der Waals surface area contributed by atoms with Crippen molar-refractivity contribution in [1.29, 1.82) is 0 Å². The van der Waals surface area contributed by atoms with Gasteiger partial charge in [-0.3, -0.25) is 0 Å². The van der Waals surface area contributed by atoms with E-state index in [9.17, 15) is 28.2 Å². The van der Waals surface area contributed by atoms with Crippen LogP contribution < -0.4 is 11.1 Å². The van der Waals surface area contributed by atoms with Gasteiger partial charge in [0.1, 0.15) is 0 Å². The topological polar surface area (TPSA) is 105 Å². The summed E-state index contributed by atoms with van der Waals surface area (Å²) in [5.74, 6) is -0.992. The maximum absolute atomic E-state index is 13.4. The Morgan fingerprint density at radius 1 is 1.07 bits per heavy atom. The number of hydrogen-bond acceptors (Lipinski definition) is 5. The highest BCUT2D eigenvalue weighted by atomic mass is 19.4. The van der Waals surface area contributed by atoms with Crippen molar-refractivity contribution in [3.8, 4) is 11.1 Å². The van der Waals surface area contributed by atoms with Crippen LogP contribution in [0.5, 0.6) is 0 Å². The third kappa shape index (κ3) is 8.38. The molecule has 0 amide bonds. The Morgan fingerprint density at radius 2 is 1.77 bits per heavy atom. The first-order valence-corrected chi connectivity index (χ1v) is 13.1. The molecule has 0 radical (unpaired) electrons. The lowest BCUT2D eigenvalue weighted by molar-refractivity contribution is -0.138. The summed E-state index contributed by atoms with van der Waals surface area (Å²) in [6, 6.07) is 17.3. The molecule has 9 heteroatoms. The summed E-state index contributed by atoms with van der Waals surface area (Å²) in [7, 11) is 0. The zero-order chi connectivity index (χ0) is 29.5. The first kappa shape index (κ1) is 31.3. The van der Waals surface area contributed by atoms with Crippen LogP contribution in [0.3, 0.4) is 0 Å². The van der Waals surface area contributed by atoms with Gasteiger partial charge in [0.25, 0.3) is 0 Å². The van der Waals surface area contributed by atoms with Gasteiger partial charge in [-0.15, -0.1) is 0 Å². The van der Waals surface area contributed by atoms with Crippen molar-refractivity contribution in [3.63, 3.8) is 0 Å². The molecular weight excluding hydrogens is 521 g/mol. The number of benzene rings is 3. The molecule has 0 fully saturated rings. The molecule has 0 saturated heterocycles. The summed E-state index contributed by atoms with van der Waals surface area (Å²) in [5, 5.41) is 23.2. The molecular formula is C31H37F3N2O4. The summed E-state index contributed by atoms with van der Waals surface area (Å²) in [6.07, 6.45) is -4.55. The van der Waals surface area contributed by atoms with Crippen LogP contribution in [0.15, 0.2) is 60.7 Å². The smallest absolute Gasteiger partial charge is 0.416 e. The van der Waals surface area contributed by atoms with Gasteiger partial charge in [0.15, 0.2) is 0 Å². The van der Waals surface area contributed by atoms with Crippen molar-refractivity contribution < 1.29 is 32.9 Å². The average Bonchev–Trinajstić information content (AvgIpc) is 2.90. The summed E-state index contributed by atoms with van der Waals surface area (Å²) < 4.78 is 45.9. The molecule has 1 atom stereocenters. The number of nitrogens with one attached hydrogen (secondary N) is 1. The molecule has 0 heterocycles. The number of alkyl halides is 3. The second kappa shape index (κ2) is 13.4. The van der Waals surface area contributed by atoms with Crippen LogP contribution in [0.4, 0.5) is 13.2 Å². The number of nitrogens with two attached hydrogens (primary N) is 1. The fourth-order valence-corrected chi connectivity index (χ4v) is 4.79. The van der Waals surface area contributed by atoms with Crippen molar-refractivity contribution in [1.82, 2.24) is 5.32 Å². The van der Waals surface area contributed by atoms with E-state index in [1.165, 1.54) is 6.07 Å². The van der Waals surface area contributed by atoms with E-state index in [1.54, 1.807) is 19.1 Å². The average molecular weight is 559 g/mol. The minimum Gasteiger partial charge on any atom is -0.478 e. The van der Waals surface area contributed by atoms with Crippen molar-refractivity contribution >= 4 is 5.97 Å². The van der Waals surface area contributed by atoms with Crippen LogP contribution in [0, 0.1) is 6.92 Å². The standard InChI is InChI=1S/C31H37F3N2O4/c1-20-25(27(12-11-26(20)29(38)39)22-7-5-4-6-8-22)13-14-40-19-24(37)18-36-30(2,3)16-21-9-10-23(17-35)28(15-21)31(32,33)34/h4-12,15,24,36-37H,13-14,16-19,35H2,1-3H3,(H,38,39)/t24-/m1/s1. The predicted molar refractivity (Wildman–Crippen MR) is 149 cm³/mol. The second-order valence-corrected chi connectivity index (χ2v) is 10.5. The minimum atomic E-state index is -4.48. The van der Waals surface area contributed by atoms with Crippen molar-refractivity contribution in [2.24, 2.45) is 5.73 Å². The Hall–Kier alpha value is -3.24. The number of carbonyl (C=O) groups is 1. The van der Waals surface area contributed by atoms with Crippen molar-refractivity contribution in [3.05, 3.63) is 94.0 Å². The number of aliphatic hydroxyl groups is 1. The SMILES string of the molecule is Cc1c(C(=O)O)ccc(-c2ccccc2)c1CCOC[C@H](O)CNC(C)(C)Cc1ccc(CN)c(C(F)(F)F)c1. The van der Waals surface area contributed by atoms with E-state index in [2.05, 4.69) is 5.32 Å². The van der Waals surface area contributed by atoms with E-state index in [4.69, 9.17) is 10.5 Å². The molecule has 6 nitrogen and oxygen atoms in total. The highest BCUT2D eigenvalue weighted by Gasteiger charge is 2.33. The first-order chi connectivity index (χ1) is 18.8. The summed E-state index contributed by atoms with van der Waals surface area (Å²) in [4.78, 5) is 11.7. The molecule has 0 aliphatic rings. The number of carboxylic acid groups (broad SMARTS) is 1. The van der Waals surface area contributed by atoms with E-state index in [-0.39, 0.29) is 37.4 Å². The molecule has 0 bridgehead atoms. The van der Waals surface area contributed by atoms with Gasteiger partial charge in [-0.2, -0.15) is 13.2 Å². The number of β-amino-alcohol motifs (C(OH)–C–C–N with tert-alkyl or cyclic N) is 1. The normalized spacial score (nSPS) is 12.9. The molecule has 0 unspecified atom stereocenters. The van der Waals surface area contributed by atoms with Crippen LogP contribution in [-0.2, 0) is 30.3 Å². The first-order valence-electron chi connectivity index (χ1n) is 13.1. The van der Waals surface area contributed by atoms with E-state index in [0.717, 1.165) is 22.8 Å². The van der Waals surface area contributed by atoms with Crippen LogP contribution in [0.25, 0.3) is 11.1 Å². The molecule has 5 N–H and O–H groups in total. The fraction of sp³-hybridized carbons (Fsp3) is 0.387. The van der Waals surface area contributed by atoms with Gasteiger partial charge in [0.2, 0.25) is 0 Å². The zero-order valence-corrected chi connectivity index (χ0v) is 23.0. The van der Waals surface area contributed by atoms with Gasteiger partial charge < -0.3 is 26.0 Å². The number of aliphatic hydroxyl groups excluding tert-OH is 1. The molecule has 3 aromatic rings. The van der Waals surface area contributed by atoms with Gasteiger partial charge in [-0.1, -0.05) is 48.5 Å². The van der Waals surface area contributed by atoms with E-state index in [0.29, 0.717) is 24.0 Å². The lowest BCUT2D eigenvalue weighted by Crippen LogP contribution is -2.46. The highest BCUT2D eigenvalue weighted by Crippen LogP contribution is 2.33. The Kier molecular flexibility index (Phi) is 10.5. The predicted octanol–water partition coefficient (Wildman–Crippen LogP) is 5.37. The molecule has 0 aliphatic heterocycles. The zero-order valence-electron chi connectivity index (χ0n) is 23.0. The summed E-state index contributed by atoms with van der Waals surface area (Å²) >= 11 is 0. The van der Waals surface area contributed by atoms with Crippen LogP contribution in [-0.4, -0.2) is 47.6 Å². The number of aromatic carboxylic acids is 1. The summed E-state index contributed by atoms with van der Waals surface area (Å²) in [6.45, 7) is 5.81. The molecule has 40 heavy (non-hydrogen) atoms. The van der Waals surface area contributed by atoms with Crippen molar-refractivity contribution in [2.45, 2.75) is 58.0 Å². The number of rotatable bonds is 13. The van der Waals surface area contributed by atoms with Crippen LogP contribution >= 0.6 is 0 Å². The molecule has 0 spiro atoms. The van der Waals surface area contributed by atoms with Gasteiger partial charge in [0, 0.05) is 18.6 Å². The summed E-state index contributed by atoms with van der Waals surface area (Å²) in [5.41, 5.74) is 8.42. The van der Waals surface area contributed by atoms with E-state index in [1.807, 2.05) is 50.2 Å². The lowest BCUT2D eigenvalue weighted by atomic mass is 9.91. The van der Waals surface area contributed by atoms with Gasteiger partial charge in [-0.05, 0) is 79.1 Å². The molecule has 3 rings (SSSR count). The number of carboxylic acids is 1. The monoisotopic (exact) mass is 558 g/mol. The third-order valence-corrected chi connectivity index (χ3v) is 6.88. The molecule has 216 valence electrons. The molecule has 0 saturated carbocycles. The number of halogens is 3. The maximum atomic E-state index is 13.4. The van der Waals surface area contributed by atoms with Crippen molar-refractivity contribution in [2.75, 3.05) is 19.8 Å². The fourth-order valence-electron chi connectivity index (χ4n) is 4.79. The van der Waals surface area contributed by atoms with E-state index < -0.39 is 29.4 Å². The Bertz CT molecular complexity index is 1290. The quantitative estimate of drug-likeness (QED) is 0.210. The van der Waals surface area contributed by atoms with Gasteiger partial charge in [-0.25, -0.2) is 4.79 Å². The molecule has 0 aromatic heterocycles. The number of hydrogen-bond donors (Lipinski definition) is 4. The largest absolute Gasteiger partial charge is 0.478 e. The molecule has 3 aromatic carbocycles. The number of ether oxygens (including phenoxy) is 1. The van der Waals surface area contributed by atoms with Crippen LogP contribution in [0.2, 0.25) is 0 Å². The van der Waals surface area contributed by atoms with Gasteiger partial charge >= 0.3 is 12.1 Å². The Labute approximate surface area is 233 Å². The Morgan fingerprint density at radius 3 is 2.40 bits per heavy atom. The second-order valence-electron chi connectivity index (χ2n) is 10.5. The maximum Gasteiger partial charge on any atom is 0.416 e.